The molecule has 0 aliphatic carbocycles. The Kier molecular flexibility index (Phi) is 4.91. The van der Waals surface area contributed by atoms with Crippen molar-refractivity contribution in [1.29, 1.82) is 0 Å². The highest BCUT2D eigenvalue weighted by Gasteiger charge is 2.28. The van der Waals surface area contributed by atoms with Crippen molar-refractivity contribution in [2.24, 2.45) is 0 Å². The Morgan fingerprint density at radius 1 is 1.12 bits per heavy atom. The lowest BCUT2D eigenvalue weighted by Crippen LogP contribution is -2.23. The number of amides is 1. The fourth-order valence-electron chi connectivity index (χ4n) is 2.73. The quantitative estimate of drug-likeness (QED) is 0.838. The van der Waals surface area contributed by atoms with E-state index in [0.717, 1.165) is 17.1 Å². The Labute approximate surface area is 153 Å². The summed E-state index contributed by atoms with van der Waals surface area (Å²) < 4.78 is 6.09. The van der Waals surface area contributed by atoms with Crippen LogP contribution >= 0.6 is 11.8 Å². The first kappa shape index (κ1) is 17.6. The van der Waals surface area contributed by atoms with Crippen LogP contribution in [0.15, 0.2) is 60.1 Å². The highest BCUT2D eigenvalue weighted by Crippen LogP contribution is 2.33. The van der Waals surface area contributed by atoms with Crippen LogP contribution in [0.1, 0.15) is 31.9 Å². The maximum Gasteiger partial charge on any atom is 0.238 e. The van der Waals surface area contributed by atoms with Crippen LogP contribution in [0.25, 0.3) is 0 Å². The number of carbonyl (C=O) groups excluding carboxylic acids is 1. The fraction of sp³-hybridized carbons (Fsp3) is 0.286. The molecule has 1 aliphatic heterocycles. The summed E-state index contributed by atoms with van der Waals surface area (Å²) in [5.74, 6) is 1.60. The summed E-state index contributed by atoms with van der Waals surface area (Å²) in [6.07, 6.45) is 0.617. The monoisotopic (exact) mass is 353 g/mol. The van der Waals surface area contributed by atoms with E-state index in [0.29, 0.717) is 11.4 Å². The Morgan fingerprint density at radius 3 is 2.40 bits per heavy atom. The minimum atomic E-state index is -0.152. The van der Waals surface area contributed by atoms with Gasteiger partial charge in [0, 0.05) is 0 Å². The van der Waals surface area contributed by atoms with Crippen LogP contribution in [0.3, 0.4) is 0 Å². The maximum absolute atomic E-state index is 12.0. The summed E-state index contributed by atoms with van der Waals surface area (Å²) in [6.45, 7) is 10.4. The third kappa shape index (κ3) is 4.26. The van der Waals surface area contributed by atoms with E-state index in [1.807, 2.05) is 36.4 Å². The topological polar surface area (TPSA) is 38.3 Å². The molecule has 1 heterocycles. The van der Waals surface area contributed by atoms with Crippen molar-refractivity contribution in [3.63, 3.8) is 0 Å². The van der Waals surface area contributed by atoms with Crippen LogP contribution in [0.2, 0.25) is 0 Å². The molecule has 0 radical (unpaired) electrons. The van der Waals surface area contributed by atoms with Crippen molar-refractivity contribution in [2.75, 3.05) is 0 Å². The largest absolute Gasteiger partial charge is 0.457 e. The average Bonchev–Trinajstić information content (AvgIpc) is 2.86. The van der Waals surface area contributed by atoms with Gasteiger partial charge in [-0.3, -0.25) is 4.79 Å². The Morgan fingerprint density at radius 2 is 1.80 bits per heavy atom. The lowest BCUT2D eigenvalue weighted by atomic mass is 9.87. The molecule has 1 saturated heterocycles. The zero-order valence-electron chi connectivity index (χ0n) is 14.8. The van der Waals surface area contributed by atoms with Gasteiger partial charge in [-0.2, -0.15) is 0 Å². The molecule has 1 atom stereocenters. The summed E-state index contributed by atoms with van der Waals surface area (Å²) in [4.78, 5) is 12.0. The first-order valence-electron chi connectivity index (χ1n) is 8.35. The van der Waals surface area contributed by atoms with Gasteiger partial charge in [-0.15, -0.1) is 0 Å². The van der Waals surface area contributed by atoms with Gasteiger partial charge >= 0.3 is 0 Å². The summed E-state index contributed by atoms with van der Waals surface area (Å²) in [5, 5.41) is 3.33. The SMILES string of the molecule is C=C1NC(=O)C(Cc2ccccc2Oc2ccc(C(C)(C)C)cc2)S1. The van der Waals surface area contributed by atoms with Gasteiger partial charge in [-0.1, -0.05) is 69.4 Å². The van der Waals surface area contributed by atoms with Crippen LogP contribution in [-0.4, -0.2) is 11.2 Å². The van der Waals surface area contributed by atoms with E-state index in [4.69, 9.17) is 4.74 Å². The molecular weight excluding hydrogens is 330 g/mol. The first-order chi connectivity index (χ1) is 11.8. The van der Waals surface area contributed by atoms with E-state index in [1.54, 1.807) is 0 Å². The Bertz CT molecular complexity index is 790. The van der Waals surface area contributed by atoms with Crippen molar-refractivity contribution >= 4 is 17.7 Å². The molecule has 1 aliphatic rings. The number of carbonyl (C=O) groups is 1. The molecule has 1 unspecified atom stereocenters. The summed E-state index contributed by atoms with van der Waals surface area (Å²) in [5.41, 5.74) is 2.40. The van der Waals surface area contributed by atoms with E-state index < -0.39 is 0 Å². The van der Waals surface area contributed by atoms with E-state index in [1.165, 1.54) is 17.3 Å². The number of benzene rings is 2. The normalized spacial score (nSPS) is 17.5. The molecule has 0 spiro atoms. The molecule has 25 heavy (non-hydrogen) atoms. The standard InChI is InChI=1S/C21H23NO2S/c1-14-22-20(23)19(25-14)13-15-7-5-6-8-18(15)24-17-11-9-16(10-12-17)21(2,3)4/h5-12,19H,1,13H2,2-4H3,(H,22,23). The predicted octanol–water partition coefficient (Wildman–Crippen LogP) is 5.02. The second kappa shape index (κ2) is 6.96. The highest BCUT2D eigenvalue weighted by atomic mass is 32.2. The molecule has 3 nitrogen and oxygen atoms in total. The van der Waals surface area contributed by atoms with Gasteiger partial charge in [-0.25, -0.2) is 0 Å². The Hall–Kier alpha value is -2.20. The molecular formula is C21H23NO2S. The van der Waals surface area contributed by atoms with E-state index >= 15 is 0 Å². The molecule has 4 heteroatoms. The van der Waals surface area contributed by atoms with Crippen molar-refractivity contribution in [2.45, 2.75) is 37.9 Å². The smallest absolute Gasteiger partial charge is 0.238 e. The van der Waals surface area contributed by atoms with Crippen molar-refractivity contribution < 1.29 is 9.53 Å². The molecule has 2 aromatic rings. The fourth-order valence-corrected chi connectivity index (χ4v) is 3.66. The van der Waals surface area contributed by atoms with Gasteiger partial charge in [0.05, 0.1) is 10.3 Å². The van der Waals surface area contributed by atoms with Gasteiger partial charge in [0.2, 0.25) is 5.91 Å². The molecule has 0 saturated carbocycles. The number of ether oxygens (including phenoxy) is 1. The van der Waals surface area contributed by atoms with Crippen LogP contribution in [0.4, 0.5) is 0 Å². The van der Waals surface area contributed by atoms with Gasteiger partial charge < -0.3 is 10.1 Å². The first-order valence-corrected chi connectivity index (χ1v) is 9.23. The van der Waals surface area contributed by atoms with Crippen molar-refractivity contribution in [3.05, 3.63) is 71.3 Å². The minimum absolute atomic E-state index is 0.0133. The number of thioether (sulfide) groups is 1. The zero-order valence-corrected chi connectivity index (χ0v) is 15.7. The number of hydrogen-bond donors (Lipinski definition) is 1. The van der Waals surface area contributed by atoms with E-state index in [2.05, 4.69) is 44.8 Å². The van der Waals surface area contributed by atoms with Crippen LogP contribution in [0.5, 0.6) is 11.5 Å². The van der Waals surface area contributed by atoms with Crippen LogP contribution in [0, 0.1) is 0 Å². The average molecular weight is 353 g/mol. The van der Waals surface area contributed by atoms with Crippen LogP contribution in [-0.2, 0) is 16.6 Å². The zero-order chi connectivity index (χ0) is 18.0. The highest BCUT2D eigenvalue weighted by molar-refractivity contribution is 8.04. The molecule has 130 valence electrons. The second-order valence-electron chi connectivity index (χ2n) is 7.21. The van der Waals surface area contributed by atoms with Crippen molar-refractivity contribution in [1.82, 2.24) is 5.32 Å². The van der Waals surface area contributed by atoms with Gasteiger partial charge in [0.15, 0.2) is 0 Å². The molecule has 1 amide bonds. The molecule has 2 aromatic carbocycles. The molecule has 1 fully saturated rings. The Balaban J connectivity index is 1.77. The molecule has 3 rings (SSSR count). The number of rotatable bonds is 4. The third-order valence-corrected chi connectivity index (χ3v) is 5.22. The van der Waals surface area contributed by atoms with Gasteiger partial charge in [0.1, 0.15) is 11.5 Å². The molecule has 0 aromatic heterocycles. The lowest BCUT2D eigenvalue weighted by Gasteiger charge is -2.19. The summed E-state index contributed by atoms with van der Waals surface area (Å²) in [7, 11) is 0. The molecule has 1 N–H and O–H groups in total. The van der Waals surface area contributed by atoms with E-state index in [9.17, 15) is 4.79 Å². The maximum atomic E-state index is 12.0. The van der Waals surface area contributed by atoms with Gasteiger partial charge in [0.25, 0.3) is 0 Å². The number of hydrogen-bond acceptors (Lipinski definition) is 3. The van der Waals surface area contributed by atoms with E-state index in [-0.39, 0.29) is 16.6 Å². The molecule has 0 bridgehead atoms. The lowest BCUT2D eigenvalue weighted by molar-refractivity contribution is -0.119. The minimum Gasteiger partial charge on any atom is -0.457 e. The summed E-state index contributed by atoms with van der Waals surface area (Å²) >= 11 is 1.48. The van der Waals surface area contributed by atoms with Gasteiger partial charge in [-0.05, 0) is 41.2 Å². The number of nitrogens with one attached hydrogen (secondary N) is 1. The predicted molar refractivity (Wildman–Crippen MR) is 104 cm³/mol. The number of para-hydroxylation sites is 1. The summed E-state index contributed by atoms with van der Waals surface area (Å²) in [6, 6.07) is 16.1. The second-order valence-corrected chi connectivity index (χ2v) is 8.50. The van der Waals surface area contributed by atoms with Crippen molar-refractivity contribution in [3.8, 4) is 11.5 Å². The van der Waals surface area contributed by atoms with Crippen LogP contribution < -0.4 is 10.1 Å². The third-order valence-electron chi connectivity index (χ3n) is 4.17.